The van der Waals surface area contributed by atoms with Crippen molar-refractivity contribution in [3.8, 4) is 5.75 Å². The number of Topliss-reactive ketones (excluding diaryl/α,β-unsaturated/α-hetero) is 2. The minimum atomic E-state index is -1.25. The van der Waals surface area contributed by atoms with Gasteiger partial charge in [0.05, 0.1) is 5.56 Å². The Balaban J connectivity index is 1.53. The number of carboxylic acid groups (broad SMARTS) is 1. The molecule has 1 heterocycles. The summed E-state index contributed by atoms with van der Waals surface area (Å²) in [7, 11) is -1.25. The van der Waals surface area contributed by atoms with Crippen molar-refractivity contribution in [3.05, 3.63) is 64.2 Å². The molecule has 0 amide bonds. The molecule has 0 saturated heterocycles. The number of ketones is 2. The second-order valence-corrected chi connectivity index (χ2v) is 7.07. The molecule has 2 aromatic carbocycles. The molecule has 7 heteroatoms. The highest BCUT2D eigenvalue weighted by Crippen LogP contribution is 2.36. The number of hydrogen-bond acceptors (Lipinski definition) is 5. The zero-order valence-electron chi connectivity index (χ0n) is 14.5. The van der Waals surface area contributed by atoms with Gasteiger partial charge in [-0.2, -0.15) is 0 Å². The van der Waals surface area contributed by atoms with Gasteiger partial charge in [-0.1, -0.05) is 24.3 Å². The van der Waals surface area contributed by atoms with Crippen LogP contribution in [0.2, 0.25) is 5.82 Å². The summed E-state index contributed by atoms with van der Waals surface area (Å²) in [4.78, 5) is 35.5. The highest BCUT2D eigenvalue weighted by atomic mass is 16.5. The number of rotatable bonds is 4. The predicted molar refractivity (Wildman–Crippen MR) is 97.3 cm³/mol. The molecular weight excluding hydrogens is 347 g/mol. The molecule has 4 rings (SSSR count). The van der Waals surface area contributed by atoms with Crippen LogP contribution in [0.1, 0.15) is 43.8 Å². The van der Waals surface area contributed by atoms with Crippen LogP contribution >= 0.6 is 0 Å². The Labute approximate surface area is 155 Å². The molecule has 0 aromatic heterocycles. The number of carbonyl (C=O) groups excluding carboxylic acids is 2. The zero-order chi connectivity index (χ0) is 19.1. The molecule has 2 aromatic rings. The summed E-state index contributed by atoms with van der Waals surface area (Å²) in [5.41, 5.74) is 3.04. The fraction of sp³-hybridized carbons (Fsp3) is 0.250. The molecule has 1 atom stereocenters. The first-order chi connectivity index (χ1) is 12.9. The minimum Gasteiger partial charge on any atom is -0.535 e. The van der Waals surface area contributed by atoms with Gasteiger partial charge in [0.2, 0.25) is 0 Å². The lowest BCUT2D eigenvalue weighted by Gasteiger charge is -2.28. The van der Waals surface area contributed by atoms with E-state index in [0.717, 1.165) is 11.1 Å². The van der Waals surface area contributed by atoms with Crippen LogP contribution in [0.4, 0.5) is 0 Å². The first kappa shape index (κ1) is 17.5. The number of aromatic carboxylic acids is 1. The number of fused-ring (bicyclic) bond motifs is 2. The molecule has 0 saturated carbocycles. The van der Waals surface area contributed by atoms with Crippen molar-refractivity contribution in [2.75, 3.05) is 0 Å². The van der Waals surface area contributed by atoms with Gasteiger partial charge in [-0.15, -0.1) is 0 Å². The fourth-order valence-corrected chi connectivity index (χ4v) is 3.81. The normalized spacial score (nSPS) is 17.9. The lowest BCUT2D eigenvalue weighted by atomic mass is 9.64. The van der Waals surface area contributed by atoms with E-state index in [9.17, 15) is 24.5 Å². The standard InChI is InChI=1S/C20H17BO6/c22-16-8-11-4-5-12(6-14(11)9-16)18(23)10-15-7-13-2-1-3-17(20(24)25)19(13)27-21(15)26/h1-6,15,26H,7-10H2,(H,24,25)/t15-/m1/s1. The van der Waals surface area contributed by atoms with Gasteiger partial charge in [0, 0.05) is 30.6 Å². The molecule has 0 fully saturated rings. The third-order valence-corrected chi connectivity index (χ3v) is 5.20. The second-order valence-electron chi connectivity index (χ2n) is 7.07. The molecule has 1 aliphatic carbocycles. The summed E-state index contributed by atoms with van der Waals surface area (Å²) in [5, 5.41) is 19.5. The topological polar surface area (TPSA) is 101 Å². The quantitative estimate of drug-likeness (QED) is 0.637. The molecule has 2 N–H and O–H groups in total. The molecule has 0 radical (unpaired) electrons. The predicted octanol–water partition coefficient (Wildman–Crippen LogP) is 2.11. The van der Waals surface area contributed by atoms with Crippen molar-refractivity contribution in [2.45, 2.75) is 31.5 Å². The van der Waals surface area contributed by atoms with E-state index in [1.54, 1.807) is 24.3 Å². The maximum atomic E-state index is 12.7. The van der Waals surface area contributed by atoms with Gasteiger partial charge in [0.15, 0.2) is 5.78 Å². The van der Waals surface area contributed by atoms with Crippen LogP contribution in [0, 0.1) is 0 Å². The third-order valence-electron chi connectivity index (χ3n) is 5.20. The Bertz CT molecular complexity index is 967. The molecule has 1 aliphatic heterocycles. The zero-order valence-corrected chi connectivity index (χ0v) is 14.5. The third kappa shape index (κ3) is 3.26. The number of benzene rings is 2. The first-order valence-corrected chi connectivity index (χ1v) is 8.79. The smallest absolute Gasteiger partial charge is 0.526 e. The van der Waals surface area contributed by atoms with Crippen LogP contribution in [0.3, 0.4) is 0 Å². The Hall–Kier alpha value is -2.93. The van der Waals surface area contributed by atoms with Crippen LogP contribution in [0.15, 0.2) is 36.4 Å². The van der Waals surface area contributed by atoms with Crippen molar-refractivity contribution >= 4 is 24.7 Å². The Kier molecular flexibility index (Phi) is 4.32. The van der Waals surface area contributed by atoms with E-state index in [0.29, 0.717) is 30.4 Å². The highest BCUT2D eigenvalue weighted by molar-refractivity contribution is 6.47. The number of carbonyl (C=O) groups is 3. The molecule has 0 unspecified atom stereocenters. The lowest BCUT2D eigenvalue weighted by molar-refractivity contribution is -0.117. The average Bonchev–Trinajstić information content (AvgIpc) is 3.00. The van der Waals surface area contributed by atoms with Crippen LogP contribution in [-0.4, -0.2) is 34.8 Å². The minimum absolute atomic E-state index is 0.000356. The van der Waals surface area contributed by atoms with E-state index < -0.39 is 18.9 Å². The monoisotopic (exact) mass is 364 g/mol. The SMILES string of the molecule is O=C1Cc2ccc(C(=O)C[C@H]3Cc4cccc(C(=O)O)c4OB3O)cc2C1. The Morgan fingerprint density at radius 1 is 1.11 bits per heavy atom. The Morgan fingerprint density at radius 2 is 1.89 bits per heavy atom. The maximum absolute atomic E-state index is 12.7. The summed E-state index contributed by atoms with van der Waals surface area (Å²) < 4.78 is 5.44. The molecule has 0 bridgehead atoms. The molecule has 2 aliphatic rings. The van der Waals surface area contributed by atoms with E-state index >= 15 is 0 Å². The highest BCUT2D eigenvalue weighted by Gasteiger charge is 2.38. The van der Waals surface area contributed by atoms with E-state index in [2.05, 4.69) is 0 Å². The van der Waals surface area contributed by atoms with Gasteiger partial charge >= 0.3 is 13.1 Å². The van der Waals surface area contributed by atoms with Gasteiger partial charge in [-0.25, -0.2) is 4.79 Å². The summed E-state index contributed by atoms with van der Waals surface area (Å²) in [6.07, 6.45) is 1.20. The lowest BCUT2D eigenvalue weighted by Crippen LogP contribution is -2.35. The van der Waals surface area contributed by atoms with Crippen molar-refractivity contribution in [2.24, 2.45) is 0 Å². The van der Waals surface area contributed by atoms with Crippen molar-refractivity contribution in [1.29, 1.82) is 0 Å². The second kappa shape index (κ2) is 6.66. The molecule has 6 nitrogen and oxygen atoms in total. The Morgan fingerprint density at radius 3 is 2.67 bits per heavy atom. The fourth-order valence-electron chi connectivity index (χ4n) is 3.81. The van der Waals surface area contributed by atoms with Gasteiger partial charge in [0.1, 0.15) is 11.5 Å². The largest absolute Gasteiger partial charge is 0.535 e. The van der Waals surface area contributed by atoms with Crippen molar-refractivity contribution in [1.82, 2.24) is 0 Å². The van der Waals surface area contributed by atoms with E-state index in [4.69, 9.17) is 4.65 Å². The van der Waals surface area contributed by atoms with E-state index in [1.165, 1.54) is 6.07 Å². The van der Waals surface area contributed by atoms with Crippen molar-refractivity contribution in [3.63, 3.8) is 0 Å². The molecule has 27 heavy (non-hydrogen) atoms. The molecule has 136 valence electrons. The summed E-state index contributed by atoms with van der Waals surface area (Å²) >= 11 is 0. The van der Waals surface area contributed by atoms with Gasteiger partial charge in [0.25, 0.3) is 0 Å². The number of para-hydroxylation sites is 1. The van der Waals surface area contributed by atoms with E-state index in [-0.39, 0.29) is 29.3 Å². The molecular formula is C20H17BO6. The first-order valence-electron chi connectivity index (χ1n) is 8.79. The van der Waals surface area contributed by atoms with Gasteiger partial charge in [-0.05, 0) is 35.2 Å². The summed E-state index contributed by atoms with van der Waals surface area (Å²) in [6, 6.07) is 10.1. The summed E-state index contributed by atoms with van der Waals surface area (Å²) in [6.45, 7) is 0. The van der Waals surface area contributed by atoms with Crippen LogP contribution < -0.4 is 4.65 Å². The van der Waals surface area contributed by atoms with Crippen molar-refractivity contribution < 1.29 is 29.2 Å². The van der Waals surface area contributed by atoms with Crippen LogP contribution in [0.25, 0.3) is 0 Å². The van der Waals surface area contributed by atoms with Crippen LogP contribution in [-0.2, 0) is 24.1 Å². The maximum Gasteiger partial charge on any atom is 0.526 e. The van der Waals surface area contributed by atoms with E-state index in [1.807, 2.05) is 6.07 Å². The van der Waals surface area contributed by atoms with Gasteiger partial charge in [-0.3, -0.25) is 9.59 Å². The number of hydrogen-bond donors (Lipinski definition) is 2. The molecule has 0 spiro atoms. The number of carboxylic acids is 1. The average molecular weight is 364 g/mol. The van der Waals surface area contributed by atoms with Gasteiger partial charge < -0.3 is 14.8 Å². The summed E-state index contributed by atoms with van der Waals surface area (Å²) in [5.74, 6) is -1.42. The van der Waals surface area contributed by atoms with Crippen LogP contribution in [0.5, 0.6) is 5.75 Å².